The van der Waals surface area contributed by atoms with E-state index in [0.717, 1.165) is 0 Å². The van der Waals surface area contributed by atoms with E-state index < -0.39 is 101 Å². The monoisotopic (exact) mass is 888 g/mol. The smallest absolute Gasteiger partial charge is 0.192 e. The summed E-state index contributed by atoms with van der Waals surface area (Å²) in [5.41, 5.74) is 0. The Morgan fingerprint density at radius 3 is 0.208 bits per heavy atom. The van der Waals surface area contributed by atoms with Crippen molar-refractivity contribution < 1.29 is 158 Å². The number of halogens is 36. The minimum atomic E-state index is -10.4. The van der Waals surface area contributed by atoms with Crippen LogP contribution >= 0.6 is 0 Å². The van der Waals surface area contributed by atoms with Gasteiger partial charge in [-0.3, -0.25) is 0 Å². The van der Waals surface area contributed by atoms with Gasteiger partial charge in [0.2, 0.25) is 0 Å². The van der Waals surface area contributed by atoms with E-state index in [1.54, 1.807) is 0 Å². The van der Waals surface area contributed by atoms with Crippen LogP contribution in [0, 0.1) is 0 Å². The molecule has 0 radical (unpaired) electrons. The van der Waals surface area contributed by atoms with Crippen LogP contribution in [-0.2, 0) is 0 Å². The summed E-state index contributed by atoms with van der Waals surface area (Å²) in [6.07, 6.45) is -16.9. The van der Waals surface area contributed by atoms with Gasteiger partial charge in [0.05, 0.1) is 0 Å². The summed E-state index contributed by atoms with van der Waals surface area (Å²) in [4.78, 5) is 0. The second-order valence-corrected chi connectivity index (χ2v) is 9.61. The summed E-state index contributed by atoms with van der Waals surface area (Å²) in [5.74, 6) is -148. The molecular weight excluding hydrogens is 888 g/mol. The Balaban J connectivity index is 7.78. The van der Waals surface area contributed by atoms with Gasteiger partial charge in [0, 0.05) is 0 Å². The van der Waals surface area contributed by atoms with E-state index in [0.29, 0.717) is 0 Å². The lowest BCUT2D eigenvalue weighted by atomic mass is 9.82. The van der Waals surface area contributed by atoms with Gasteiger partial charge in [-0.15, -0.1) is 0 Å². The van der Waals surface area contributed by atoms with E-state index in [9.17, 15) is 158 Å². The zero-order chi connectivity index (χ0) is 44.5. The third kappa shape index (κ3) is 5.57. The van der Waals surface area contributed by atoms with Crippen molar-refractivity contribution in [2.75, 3.05) is 0 Å². The molecule has 36 heteroatoms. The molecule has 0 fully saturated rings. The Hall–Kier alpha value is -2.52. The van der Waals surface area contributed by atoms with Crippen molar-refractivity contribution in [1.29, 1.82) is 0 Å². The molecule has 0 saturated heterocycles. The van der Waals surface area contributed by atoms with Crippen molar-refractivity contribution in [3.63, 3.8) is 0 Å². The average Bonchev–Trinajstić information content (AvgIpc) is 2.89. The van der Waals surface area contributed by atoms with Crippen molar-refractivity contribution in [1.82, 2.24) is 0 Å². The van der Waals surface area contributed by atoms with Crippen molar-refractivity contribution in [2.24, 2.45) is 0 Å². The maximum atomic E-state index is 13.7. The molecule has 0 aromatic heterocycles. The molecule has 0 amide bonds. The highest BCUT2D eigenvalue weighted by molar-refractivity contribution is 5.22. The molecule has 0 aliphatic heterocycles. The third-order valence-electron chi connectivity index (χ3n) is 6.23. The molecule has 0 spiro atoms. The van der Waals surface area contributed by atoms with Crippen LogP contribution in [0.4, 0.5) is 158 Å². The fourth-order valence-electron chi connectivity index (χ4n) is 2.92. The van der Waals surface area contributed by atoms with Crippen molar-refractivity contribution in [3.05, 3.63) is 0 Å². The van der Waals surface area contributed by atoms with Gasteiger partial charge >= 0.3 is 101 Å². The first-order valence-corrected chi connectivity index (χ1v) is 10.8. The highest BCUT2D eigenvalue weighted by atomic mass is 19.4. The number of hydrogen-bond donors (Lipinski definition) is 0. The van der Waals surface area contributed by atoms with Gasteiger partial charge in [-0.2, -0.15) is 158 Å². The van der Waals surface area contributed by atoms with Crippen molar-refractivity contribution in [2.45, 2.75) is 101 Å². The van der Waals surface area contributed by atoms with E-state index >= 15 is 0 Å². The Morgan fingerprint density at radius 1 is 0.0943 bits per heavy atom. The van der Waals surface area contributed by atoms with Gasteiger partial charge in [0.1, 0.15) is 0 Å². The van der Waals surface area contributed by atoms with Crippen LogP contribution in [-0.4, -0.2) is 101 Å². The first-order chi connectivity index (χ1) is 22.0. The number of hydrogen-bond acceptors (Lipinski definition) is 0. The summed E-state index contributed by atoms with van der Waals surface area (Å²) in [6.45, 7) is 0. The molecule has 0 bridgehead atoms. The summed E-state index contributed by atoms with van der Waals surface area (Å²) in [5, 5.41) is 0. The van der Waals surface area contributed by atoms with Gasteiger partial charge in [-0.25, -0.2) is 0 Å². The lowest BCUT2D eigenvalue weighted by Crippen LogP contribution is -2.80. The minimum absolute atomic E-state index is 8.44. The Bertz CT molecular complexity index is 1230. The molecular formula is C17F36. The normalized spacial score (nSPS) is 17.4. The van der Waals surface area contributed by atoms with Gasteiger partial charge < -0.3 is 0 Å². The van der Waals surface area contributed by atoms with E-state index in [2.05, 4.69) is 0 Å². The van der Waals surface area contributed by atoms with Crippen LogP contribution in [0.25, 0.3) is 0 Å². The second-order valence-electron chi connectivity index (χ2n) is 9.61. The van der Waals surface area contributed by atoms with Crippen LogP contribution < -0.4 is 0 Å². The molecule has 0 unspecified atom stereocenters. The summed E-state index contributed by atoms with van der Waals surface area (Å²) >= 11 is 0. The zero-order valence-corrected chi connectivity index (χ0v) is 22.1. The van der Waals surface area contributed by atoms with Gasteiger partial charge in [0.25, 0.3) is 0 Å². The fourth-order valence-corrected chi connectivity index (χ4v) is 2.92. The highest BCUT2D eigenvalue weighted by Crippen LogP contribution is 2.70. The molecule has 0 saturated carbocycles. The predicted molar refractivity (Wildman–Crippen MR) is 86.3 cm³/mol. The third-order valence-corrected chi connectivity index (χ3v) is 6.23. The van der Waals surface area contributed by atoms with Crippen LogP contribution in [0.15, 0.2) is 0 Å². The quantitative estimate of drug-likeness (QED) is 0.153. The first-order valence-electron chi connectivity index (χ1n) is 10.8. The Kier molecular flexibility index (Phi) is 11.2. The first kappa shape index (κ1) is 50.5. The largest absolute Gasteiger partial charge is 0.460 e. The summed E-state index contributed by atoms with van der Waals surface area (Å²) < 4.78 is 474. The molecule has 0 nitrogen and oxygen atoms in total. The molecule has 0 rings (SSSR count). The molecule has 0 heterocycles. The maximum Gasteiger partial charge on any atom is 0.460 e. The Morgan fingerprint density at radius 2 is 0.151 bits per heavy atom. The van der Waals surface area contributed by atoms with Crippen LogP contribution in [0.3, 0.4) is 0 Å². The topological polar surface area (TPSA) is 0 Å². The van der Waals surface area contributed by atoms with Crippen LogP contribution in [0.1, 0.15) is 0 Å². The zero-order valence-electron chi connectivity index (χ0n) is 22.1. The molecule has 0 aromatic rings. The number of alkyl halides is 36. The molecule has 0 aliphatic rings. The standard InChI is InChI=1S/C17F36/c18-1(19,2(20,21)4(24,25)6(28,29)8(32,33)10(36,37)12(40,41)14(44,45)16(48,49)50)3(22,23)5(26,27)7(30,31)9(34,35)11(38,39)13(42,43)15(46,47)17(51,52)53. The van der Waals surface area contributed by atoms with Gasteiger partial charge in [-0.05, 0) is 0 Å². The van der Waals surface area contributed by atoms with E-state index in [1.807, 2.05) is 0 Å². The second kappa shape index (κ2) is 11.8. The maximum absolute atomic E-state index is 13.7. The molecule has 0 aliphatic carbocycles. The van der Waals surface area contributed by atoms with E-state index in [-0.39, 0.29) is 0 Å². The van der Waals surface area contributed by atoms with Crippen LogP contribution in [0.5, 0.6) is 0 Å². The van der Waals surface area contributed by atoms with Crippen molar-refractivity contribution in [3.8, 4) is 0 Å². The van der Waals surface area contributed by atoms with E-state index in [1.165, 1.54) is 0 Å². The summed E-state index contributed by atoms with van der Waals surface area (Å²) in [7, 11) is 0. The lowest BCUT2D eigenvalue weighted by Gasteiger charge is -2.46. The molecule has 320 valence electrons. The fraction of sp³-hybridized carbons (Fsp3) is 1.00. The van der Waals surface area contributed by atoms with Gasteiger partial charge in [0.15, 0.2) is 0 Å². The molecule has 0 atom stereocenters. The predicted octanol–water partition coefficient (Wildman–Crippen LogP) is 11.6. The minimum Gasteiger partial charge on any atom is -0.192 e. The SMILES string of the molecule is FC(F)(F)C(F)(F)C(F)(F)C(F)(F)C(F)(F)C(F)(F)C(F)(F)C(F)(F)C(F)(F)C(F)(F)C(F)(F)C(F)(F)C(F)(F)C(F)(F)C(F)(F)C(F)(F)C(F)(F)F. The van der Waals surface area contributed by atoms with Crippen molar-refractivity contribution >= 4 is 0 Å². The molecule has 0 N–H and O–H groups in total. The van der Waals surface area contributed by atoms with Gasteiger partial charge in [-0.1, -0.05) is 0 Å². The molecule has 0 aromatic carbocycles. The number of rotatable bonds is 14. The average molecular weight is 888 g/mol. The van der Waals surface area contributed by atoms with E-state index in [4.69, 9.17) is 0 Å². The van der Waals surface area contributed by atoms with Crippen LogP contribution in [0.2, 0.25) is 0 Å². The highest BCUT2D eigenvalue weighted by Gasteiger charge is 3.02. The summed E-state index contributed by atoms with van der Waals surface area (Å²) in [6, 6.07) is 0. The Labute approximate surface area is 261 Å². The molecule has 53 heavy (non-hydrogen) atoms. The lowest BCUT2D eigenvalue weighted by molar-refractivity contribution is -0.493.